The molecule has 0 spiro atoms. The van der Waals surface area contributed by atoms with Gasteiger partial charge in [-0.25, -0.2) is 9.79 Å². The van der Waals surface area contributed by atoms with Gasteiger partial charge in [0.2, 0.25) is 0 Å². The van der Waals surface area contributed by atoms with Crippen LogP contribution < -0.4 is 14.9 Å². The van der Waals surface area contributed by atoms with Gasteiger partial charge in [-0.3, -0.25) is 9.36 Å². The summed E-state index contributed by atoms with van der Waals surface area (Å²) >= 11 is 2.85. The predicted molar refractivity (Wildman–Crippen MR) is 120 cm³/mol. The molecule has 0 unspecified atom stereocenters. The maximum absolute atomic E-state index is 13.4. The van der Waals surface area contributed by atoms with E-state index in [2.05, 4.69) is 4.99 Å². The number of nitrogens with zero attached hydrogens (tertiary/aromatic N) is 2. The average Bonchev–Trinajstić information content (AvgIpc) is 3.31. The number of hydrogen-bond acceptors (Lipinski definition) is 6. The smallest absolute Gasteiger partial charge is 0.338 e. The van der Waals surface area contributed by atoms with E-state index in [9.17, 15) is 9.59 Å². The number of benzene rings is 1. The van der Waals surface area contributed by atoms with E-state index < -0.39 is 12.0 Å². The third-order valence-corrected chi connectivity index (χ3v) is 6.68. The molecule has 7 heteroatoms. The average molecular weight is 439 g/mol. The SMILES string of the molecule is CC1=C(C(=O)OC(C)C)[C@@H](c2cccs2)n2c(s/c(=C\c3ccc(C)cc3)c2=O)=N1. The predicted octanol–water partition coefficient (Wildman–Crippen LogP) is 3.56. The van der Waals surface area contributed by atoms with Crippen LogP contribution in [0.1, 0.15) is 42.8 Å². The van der Waals surface area contributed by atoms with Crippen LogP contribution in [0.4, 0.5) is 0 Å². The van der Waals surface area contributed by atoms with Crippen LogP contribution in [0.2, 0.25) is 0 Å². The standard InChI is InChI=1S/C23H22N2O3S2/c1-13(2)28-22(27)19-15(4)24-23-25(20(19)17-6-5-11-29-17)21(26)18(30-23)12-16-9-7-14(3)8-10-16/h5-13,20H,1-4H3/b18-12-/t20-/m1/s1. The normalized spacial score (nSPS) is 16.6. The first-order valence-electron chi connectivity index (χ1n) is 9.68. The van der Waals surface area contributed by atoms with Crippen molar-refractivity contribution < 1.29 is 9.53 Å². The van der Waals surface area contributed by atoms with Crippen LogP contribution in [0.15, 0.2) is 62.8 Å². The Kier molecular flexibility index (Phi) is 5.58. The summed E-state index contributed by atoms with van der Waals surface area (Å²) in [5, 5.41) is 1.94. The summed E-state index contributed by atoms with van der Waals surface area (Å²) in [6.07, 6.45) is 1.62. The summed E-state index contributed by atoms with van der Waals surface area (Å²) in [6, 6.07) is 11.3. The Morgan fingerprint density at radius 2 is 1.93 bits per heavy atom. The van der Waals surface area contributed by atoms with Gasteiger partial charge in [0.25, 0.3) is 5.56 Å². The number of ether oxygens (including phenoxy) is 1. The number of fused-ring (bicyclic) bond motifs is 1. The molecule has 1 aromatic carbocycles. The molecule has 2 aromatic heterocycles. The van der Waals surface area contributed by atoms with E-state index >= 15 is 0 Å². The van der Waals surface area contributed by atoms with Gasteiger partial charge in [0.05, 0.1) is 21.9 Å². The van der Waals surface area contributed by atoms with Crippen LogP contribution in [0.3, 0.4) is 0 Å². The summed E-state index contributed by atoms with van der Waals surface area (Å²) < 4.78 is 7.70. The zero-order valence-electron chi connectivity index (χ0n) is 17.2. The third kappa shape index (κ3) is 3.82. The lowest BCUT2D eigenvalue weighted by atomic mass is 10.0. The van der Waals surface area contributed by atoms with E-state index in [0.29, 0.717) is 20.6 Å². The van der Waals surface area contributed by atoms with Crippen molar-refractivity contribution in [3.05, 3.63) is 88.7 Å². The Labute approximate surface area is 182 Å². The van der Waals surface area contributed by atoms with Crippen molar-refractivity contribution in [2.24, 2.45) is 4.99 Å². The highest BCUT2D eigenvalue weighted by atomic mass is 32.1. The maximum Gasteiger partial charge on any atom is 0.338 e. The Morgan fingerprint density at radius 1 is 1.20 bits per heavy atom. The van der Waals surface area contributed by atoms with Crippen LogP contribution in [0, 0.1) is 6.92 Å². The monoisotopic (exact) mass is 438 g/mol. The first kappa shape index (κ1) is 20.5. The zero-order valence-corrected chi connectivity index (χ0v) is 18.8. The Bertz CT molecular complexity index is 1290. The summed E-state index contributed by atoms with van der Waals surface area (Å²) in [6.45, 7) is 7.45. The highest BCUT2D eigenvalue weighted by Gasteiger charge is 2.34. The molecule has 1 atom stereocenters. The molecule has 0 radical (unpaired) electrons. The van der Waals surface area contributed by atoms with Crippen molar-refractivity contribution in [3.63, 3.8) is 0 Å². The fraction of sp³-hybridized carbons (Fsp3) is 0.261. The van der Waals surface area contributed by atoms with Crippen molar-refractivity contribution in [2.45, 2.75) is 39.8 Å². The van der Waals surface area contributed by atoms with Crippen LogP contribution in [-0.4, -0.2) is 16.6 Å². The number of thiazole rings is 1. The highest BCUT2D eigenvalue weighted by Crippen LogP contribution is 2.33. The fourth-order valence-electron chi connectivity index (χ4n) is 3.39. The van der Waals surface area contributed by atoms with E-state index in [0.717, 1.165) is 16.0 Å². The molecule has 3 heterocycles. The van der Waals surface area contributed by atoms with Crippen molar-refractivity contribution in [3.8, 4) is 0 Å². The highest BCUT2D eigenvalue weighted by molar-refractivity contribution is 7.10. The van der Waals surface area contributed by atoms with Crippen molar-refractivity contribution in [1.29, 1.82) is 0 Å². The summed E-state index contributed by atoms with van der Waals surface area (Å²) in [5.41, 5.74) is 2.96. The van der Waals surface area contributed by atoms with Crippen LogP contribution in [0.25, 0.3) is 6.08 Å². The van der Waals surface area contributed by atoms with Gasteiger partial charge in [0, 0.05) is 4.88 Å². The van der Waals surface area contributed by atoms with E-state index in [-0.39, 0.29) is 11.7 Å². The first-order chi connectivity index (χ1) is 14.3. The van der Waals surface area contributed by atoms with Gasteiger partial charge < -0.3 is 4.74 Å². The number of carbonyl (C=O) groups is 1. The second-order valence-electron chi connectivity index (χ2n) is 7.46. The van der Waals surface area contributed by atoms with Gasteiger partial charge >= 0.3 is 5.97 Å². The lowest BCUT2D eigenvalue weighted by Crippen LogP contribution is -2.39. The van der Waals surface area contributed by atoms with Gasteiger partial charge in [0.15, 0.2) is 4.80 Å². The number of thiophene rings is 1. The molecule has 1 aliphatic rings. The number of aromatic nitrogens is 1. The third-order valence-electron chi connectivity index (χ3n) is 4.77. The van der Waals surface area contributed by atoms with E-state index in [1.807, 2.05) is 68.6 Å². The maximum atomic E-state index is 13.4. The molecule has 4 rings (SSSR count). The van der Waals surface area contributed by atoms with Crippen molar-refractivity contribution >= 4 is 34.7 Å². The lowest BCUT2D eigenvalue weighted by Gasteiger charge is -2.24. The Balaban J connectivity index is 1.91. The van der Waals surface area contributed by atoms with Gasteiger partial charge in [-0.2, -0.15) is 0 Å². The quantitative estimate of drug-likeness (QED) is 0.585. The van der Waals surface area contributed by atoms with Crippen LogP contribution >= 0.6 is 22.7 Å². The van der Waals surface area contributed by atoms with E-state index in [1.54, 1.807) is 11.5 Å². The van der Waals surface area contributed by atoms with Crippen LogP contribution in [-0.2, 0) is 9.53 Å². The Morgan fingerprint density at radius 3 is 2.57 bits per heavy atom. The molecule has 5 nitrogen and oxygen atoms in total. The molecule has 0 aliphatic carbocycles. The zero-order chi connectivity index (χ0) is 21.4. The van der Waals surface area contributed by atoms with E-state index in [1.165, 1.54) is 22.7 Å². The number of rotatable bonds is 4. The number of allylic oxidation sites excluding steroid dienone is 1. The van der Waals surface area contributed by atoms with Gasteiger partial charge in [-0.1, -0.05) is 47.2 Å². The second-order valence-corrected chi connectivity index (χ2v) is 9.45. The molecule has 0 amide bonds. The van der Waals surface area contributed by atoms with Crippen molar-refractivity contribution in [2.75, 3.05) is 0 Å². The van der Waals surface area contributed by atoms with Gasteiger partial charge in [0.1, 0.15) is 6.04 Å². The second kappa shape index (κ2) is 8.16. The molecule has 0 saturated heterocycles. The largest absolute Gasteiger partial charge is 0.459 e. The minimum absolute atomic E-state index is 0.153. The molecule has 0 bridgehead atoms. The number of hydrogen-bond donors (Lipinski definition) is 0. The molecule has 0 fully saturated rings. The van der Waals surface area contributed by atoms with Gasteiger partial charge in [-0.15, -0.1) is 11.3 Å². The topological polar surface area (TPSA) is 60.7 Å². The first-order valence-corrected chi connectivity index (χ1v) is 11.4. The molecular weight excluding hydrogens is 416 g/mol. The molecule has 30 heavy (non-hydrogen) atoms. The summed E-state index contributed by atoms with van der Waals surface area (Å²) in [4.78, 5) is 32.4. The Hall–Kier alpha value is -2.77. The molecule has 154 valence electrons. The number of carbonyl (C=O) groups excluding carboxylic acids is 1. The number of esters is 1. The molecular formula is C23H22N2O3S2. The molecule has 1 aliphatic heterocycles. The van der Waals surface area contributed by atoms with Crippen LogP contribution in [0.5, 0.6) is 0 Å². The fourth-order valence-corrected chi connectivity index (χ4v) is 5.26. The summed E-state index contributed by atoms with van der Waals surface area (Å²) in [5.74, 6) is -0.433. The molecule has 0 saturated carbocycles. The molecule has 3 aromatic rings. The van der Waals surface area contributed by atoms with Crippen molar-refractivity contribution in [1.82, 2.24) is 4.57 Å². The minimum atomic E-state index is -0.535. The van der Waals surface area contributed by atoms with E-state index in [4.69, 9.17) is 4.74 Å². The minimum Gasteiger partial charge on any atom is -0.459 e. The summed E-state index contributed by atoms with van der Waals surface area (Å²) in [7, 11) is 0. The number of aryl methyl sites for hydroxylation is 1. The lowest BCUT2D eigenvalue weighted by molar-refractivity contribution is -0.143. The van der Waals surface area contributed by atoms with Gasteiger partial charge in [-0.05, 0) is 50.8 Å². The molecule has 0 N–H and O–H groups in total.